The number of hydrogen-bond donors (Lipinski definition) is 2. The molecule has 2 N–H and O–H groups in total. The van der Waals surface area contributed by atoms with E-state index in [1.165, 1.54) is 18.6 Å². The van der Waals surface area contributed by atoms with E-state index < -0.39 is 0 Å². The van der Waals surface area contributed by atoms with Crippen molar-refractivity contribution in [1.29, 1.82) is 0 Å². The molecule has 0 amide bonds. The first kappa shape index (κ1) is 13.0. The minimum atomic E-state index is 0.337. The van der Waals surface area contributed by atoms with E-state index in [1.807, 2.05) is 18.8 Å². The van der Waals surface area contributed by atoms with Crippen molar-refractivity contribution in [3.63, 3.8) is 0 Å². The van der Waals surface area contributed by atoms with Crippen molar-refractivity contribution in [2.75, 3.05) is 30.0 Å². The molecule has 0 aromatic carbocycles. The van der Waals surface area contributed by atoms with E-state index in [4.69, 9.17) is 0 Å². The smallest absolute Gasteiger partial charge is 0.145 e. The molecule has 1 aromatic rings. The van der Waals surface area contributed by atoms with Crippen LogP contribution in [0.25, 0.3) is 0 Å². The molecular formula is C11H17BrN4S. The Morgan fingerprint density at radius 3 is 2.88 bits per heavy atom. The predicted octanol–water partition coefficient (Wildman–Crippen LogP) is 2.98. The lowest BCUT2D eigenvalue weighted by molar-refractivity contribution is 0.633. The summed E-state index contributed by atoms with van der Waals surface area (Å²) < 4.78 is 1.23. The second-order valence-corrected chi connectivity index (χ2v) is 6.87. The van der Waals surface area contributed by atoms with Gasteiger partial charge >= 0.3 is 0 Å². The van der Waals surface area contributed by atoms with Gasteiger partial charge < -0.3 is 10.6 Å². The van der Waals surface area contributed by atoms with Crippen LogP contribution in [0.3, 0.4) is 0 Å². The topological polar surface area (TPSA) is 49.8 Å². The summed E-state index contributed by atoms with van der Waals surface area (Å²) in [5.74, 6) is 2.94. The van der Waals surface area contributed by atoms with Crippen molar-refractivity contribution < 1.29 is 0 Å². The maximum Gasteiger partial charge on any atom is 0.145 e. The van der Waals surface area contributed by atoms with Crippen molar-refractivity contribution in [2.45, 2.75) is 24.5 Å². The van der Waals surface area contributed by atoms with Crippen LogP contribution in [0.5, 0.6) is 0 Å². The summed E-state index contributed by atoms with van der Waals surface area (Å²) in [6, 6.07) is 0. The van der Waals surface area contributed by atoms with Gasteiger partial charge in [0, 0.05) is 18.3 Å². The minimum absolute atomic E-state index is 0.337. The normalized spacial score (nSPS) is 23.7. The molecule has 1 saturated heterocycles. The fraction of sp³-hybridized carbons (Fsp3) is 0.636. The largest absolute Gasteiger partial charge is 0.372 e. The third-order valence-corrected chi connectivity index (χ3v) is 5.25. The SMILES string of the molecule is CNc1ncnc(NCC2(C)CCCS2)c1Br. The Hall–Kier alpha value is -0.490. The van der Waals surface area contributed by atoms with Gasteiger partial charge in [-0.25, -0.2) is 9.97 Å². The van der Waals surface area contributed by atoms with Gasteiger partial charge in [0.15, 0.2) is 0 Å². The molecule has 4 nitrogen and oxygen atoms in total. The van der Waals surface area contributed by atoms with Crippen molar-refractivity contribution in [3.05, 3.63) is 10.8 Å². The van der Waals surface area contributed by atoms with E-state index in [0.29, 0.717) is 4.75 Å². The molecule has 1 aliphatic rings. The second kappa shape index (κ2) is 5.44. The number of hydrogen-bond acceptors (Lipinski definition) is 5. The number of thioether (sulfide) groups is 1. The molecule has 1 aromatic heterocycles. The monoisotopic (exact) mass is 316 g/mol. The average molecular weight is 317 g/mol. The molecule has 0 radical (unpaired) electrons. The average Bonchev–Trinajstić information content (AvgIpc) is 2.75. The van der Waals surface area contributed by atoms with Crippen LogP contribution in [0, 0.1) is 0 Å². The summed E-state index contributed by atoms with van der Waals surface area (Å²) in [5.41, 5.74) is 0. The Morgan fingerprint density at radius 1 is 1.47 bits per heavy atom. The number of anilines is 2. The zero-order chi connectivity index (χ0) is 12.3. The number of halogens is 1. The Balaban J connectivity index is 2.03. The van der Waals surface area contributed by atoms with E-state index >= 15 is 0 Å². The molecule has 0 aliphatic carbocycles. The molecule has 0 bridgehead atoms. The molecular weight excluding hydrogens is 300 g/mol. The number of rotatable bonds is 4. The lowest BCUT2D eigenvalue weighted by Crippen LogP contribution is -2.27. The summed E-state index contributed by atoms with van der Waals surface area (Å²) in [5, 5.41) is 6.44. The van der Waals surface area contributed by atoms with Crippen molar-refractivity contribution >= 4 is 39.3 Å². The molecule has 1 aliphatic heterocycles. The first-order valence-electron chi connectivity index (χ1n) is 5.71. The minimum Gasteiger partial charge on any atom is -0.372 e. The molecule has 0 saturated carbocycles. The van der Waals surface area contributed by atoms with Crippen molar-refractivity contribution in [1.82, 2.24) is 9.97 Å². The third kappa shape index (κ3) is 3.04. The van der Waals surface area contributed by atoms with Gasteiger partial charge in [-0.05, 0) is 41.4 Å². The highest BCUT2D eigenvalue weighted by Gasteiger charge is 2.29. The fourth-order valence-electron chi connectivity index (χ4n) is 1.91. The maximum absolute atomic E-state index is 4.26. The van der Waals surface area contributed by atoms with Crippen LogP contribution >= 0.6 is 27.7 Å². The van der Waals surface area contributed by atoms with Gasteiger partial charge in [0.2, 0.25) is 0 Å². The first-order valence-corrected chi connectivity index (χ1v) is 7.48. The van der Waals surface area contributed by atoms with Crippen LogP contribution in [-0.2, 0) is 0 Å². The van der Waals surface area contributed by atoms with E-state index in [0.717, 1.165) is 22.7 Å². The zero-order valence-electron chi connectivity index (χ0n) is 10.1. The highest BCUT2D eigenvalue weighted by Crippen LogP contribution is 2.38. The summed E-state index contributed by atoms with van der Waals surface area (Å²) in [7, 11) is 1.85. The lowest BCUT2D eigenvalue weighted by atomic mass is 10.1. The van der Waals surface area contributed by atoms with Crippen LogP contribution in [0.2, 0.25) is 0 Å². The molecule has 2 heterocycles. The van der Waals surface area contributed by atoms with Gasteiger partial charge in [0.05, 0.1) is 0 Å². The highest BCUT2D eigenvalue weighted by molar-refractivity contribution is 9.10. The number of nitrogens with zero attached hydrogens (tertiary/aromatic N) is 2. The van der Waals surface area contributed by atoms with Crippen LogP contribution in [0.15, 0.2) is 10.8 Å². The molecule has 17 heavy (non-hydrogen) atoms. The first-order chi connectivity index (χ1) is 8.14. The third-order valence-electron chi connectivity index (χ3n) is 2.96. The van der Waals surface area contributed by atoms with Crippen LogP contribution in [0.4, 0.5) is 11.6 Å². The van der Waals surface area contributed by atoms with E-state index in [-0.39, 0.29) is 0 Å². The summed E-state index contributed by atoms with van der Waals surface area (Å²) in [6.45, 7) is 3.25. The fourth-order valence-corrected chi connectivity index (χ4v) is 3.70. The van der Waals surface area contributed by atoms with E-state index in [9.17, 15) is 0 Å². The quantitative estimate of drug-likeness (QED) is 0.894. The van der Waals surface area contributed by atoms with Crippen LogP contribution in [0.1, 0.15) is 19.8 Å². The molecule has 6 heteroatoms. The van der Waals surface area contributed by atoms with E-state index in [2.05, 4.69) is 43.5 Å². The molecule has 1 fully saturated rings. The van der Waals surface area contributed by atoms with Crippen LogP contribution < -0.4 is 10.6 Å². The summed E-state index contributed by atoms with van der Waals surface area (Å²) >= 11 is 5.55. The molecule has 0 spiro atoms. The van der Waals surface area contributed by atoms with Crippen molar-refractivity contribution in [3.8, 4) is 0 Å². The Morgan fingerprint density at radius 2 is 2.24 bits per heavy atom. The van der Waals surface area contributed by atoms with Gasteiger partial charge in [-0.2, -0.15) is 11.8 Å². The summed E-state index contributed by atoms with van der Waals surface area (Å²) in [6.07, 6.45) is 4.16. The number of aromatic nitrogens is 2. The molecule has 2 rings (SSSR count). The van der Waals surface area contributed by atoms with Gasteiger partial charge in [-0.15, -0.1) is 0 Å². The maximum atomic E-state index is 4.26. The second-order valence-electron chi connectivity index (χ2n) is 4.39. The predicted molar refractivity (Wildman–Crippen MR) is 77.9 cm³/mol. The molecule has 1 unspecified atom stereocenters. The Labute approximate surface area is 115 Å². The summed E-state index contributed by atoms with van der Waals surface area (Å²) in [4.78, 5) is 8.40. The Bertz CT molecular complexity index is 393. The van der Waals surface area contributed by atoms with Gasteiger partial charge in [-0.1, -0.05) is 0 Å². The molecule has 1 atom stereocenters. The van der Waals surface area contributed by atoms with Gasteiger partial charge in [0.25, 0.3) is 0 Å². The lowest BCUT2D eigenvalue weighted by Gasteiger charge is -2.23. The number of nitrogens with one attached hydrogen (secondary N) is 2. The standard InChI is InChI=1S/C11H17BrN4S/c1-11(4-3-5-17-11)6-14-10-8(12)9(13-2)15-7-16-10/h7H,3-6H2,1-2H3,(H2,13,14,15,16). The highest BCUT2D eigenvalue weighted by atomic mass is 79.9. The molecule has 94 valence electrons. The van der Waals surface area contributed by atoms with Gasteiger partial charge in [-0.3, -0.25) is 0 Å². The van der Waals surface area contributed by atoms with E-state index in [1.54, 1.807) is 6.33 Å². The Kier molecular flexibility index (Phi) is 4.14. The van der Waals surface area contributed by atoms with Crippen molar-refractivity contribution in [2.24, 2.45) is 0 Å². The van der Waals surface area contributed by atoms with Crippen LogP contribution in [-0.4, -0.2) is 34.1 Å². The van der Waals surface area contributed by atoms with Gasteiger partial charge in [0.1, 0.15) is 22.4 Å². The zero-order valence-corrected chi connectivity index (χ0v) is 12.5.